The average molecular weight is 440 g/mol. The molecule has 1 N–H and O–H groups in total. The summed E-state index contributed by atoms with van der Waals surface area (Å²) >= 11 is 7.51. The zero-order valence-corrected chi connectivity index (χ0v) is 17.7. The molecule has 1 fully saturated rings. The molecule has 30 heavy (non-hydrogen) atoms. The highest BCUT2D eigenvalue weighted by molar-refractivity contribution is 7.98. The first-order valence-corrected chi connectivity index (χ1v) is 10.9. The fraction of sp³-hybridized carbons (Fsp3) is 0.227. The van der Waals surface area contributed by atoms with E-state index in [1.54, 1.807) is 24.3 Å². The van der Waals surface area contributed by atoms with Crippen LogP contribution in [-0.4, -0.2) is 36.1 Å². The van der Waals surface area contributed by atoms with Crippen molar-refractivity contribution >= 4 is 29.2 Å². The molecule has 0 spiro atoms. The van der Waals surface area contributed by atoms with Crippen molar-refractivity contribution in [2.75, 3.05) is 31.1 Å². The molecule has 3 aromatic rings. The van der Waals surface area contributed by atoms with Gasteiger partial charge in [-0.2, -0.15) is 5.26 Å². The third-order valence-corrected chi connectivity index (χ3v) is 5.97. The van der Waals surface area contributed by atoms with E-state index in [9.17, 15) is 9.65 Å². The molecule has 0 bridgehead atoms. The molecule has 1 aliphatic rings. The quantitative estimate of drug-likeness (QED) is 0.466. The average Bonchev–Trinajstić information content (AvgIpc) is 2.79. The van der Waals surface area contributed by atoms with Crippen molar-refractivity contribution in [2.24, 2.45) is 0 Å². The van der Waals surface area contributed by atoms with Crippen LogP contribution in [0.4, 0.5) is 10.2 Å². The normalized spacial score (nSPS) is 13.8. The molecular formula is C22H19ClFN5S. The van der Waals surface area contributed by atoms with Crippen molar-refractivity contribution in [1.29, 1.82) is 5.26 Å². The minimum absolute atomic E-state index is 0.260. The van der Waals surface area contributed by atoms with E-state index >= 15 is 0 Å². The smallest absolute Gasteiger partial charge is 0.190 e. The zero-order valence-electron chi connectivity index (χ0n) is 16.1. The number of hydrogen-bond acceptors (Lipinski definition) is 6. The summed E-state index contributed by atoms with van der Waals surface area (Å²) in [5.74, 6) is 0.998. The molecule has 1 aliphatic heterocycles. The van der Waals surface area contributed by atoms with Crippen molar-refractivity contribution < 1.29 is 4.39 Å². The van der Waals surface area contributed by atoms with E-state index in [-0.39, 0.29) is 5.82 Å². The van der Waals surface area contributed by atoms with Gasteiger partial charge in [0, 0.05) is 42.5 Å². The van der Waals surface area contributed by atoms with E-state index in [1.165, 1.54) is 23.9 Å². The van der Waals surface area contributed by atoms with E-state index in [0.29, 0.717) is 33.0 Å². The van der Waals surface area contributed by atoms with Gasteiger partial charge < -0.3 is 10.2 Å². The van der Waals surface area contributed by atoms with E-state index < -0.39 is 0 Å². The Morgan fingerprint density at radius 3 is 2.43 bits per heavy atom. The number of hydrogen-bond donors (Lipinski definition) is 1. The Bertz CT molecular complexity index is 1060. The lowest BCUT2D eigenvalue weighted by molar-refractivity contribution is 0.582. The maximum Gasteiger partial charge on any atom is 0.190 e. The van der Waals surface area contributed by atoms with Crippen molar-refractivity contribution in [3.63, 3.8) is 0 Å². The second-order valence-electron chi connectivity index (χ2n) is 6.82. The molecular weight excluding hydrogens is 421 g/mol. The maximum absolute atomic E-state index is 13.2. The minimum atomic E-state index is -0.260. The van der Waals surface area contributed by atoms with Gasteiger partial charge in [-0.25, -0.2) is 14.4 Å². The van der Waals surface area contributed by atoms with Gasteiger partial charge in [-0.15, -0.1) is 0 Å². The van der Waals surface area contributed by atoms with Crippen LogP contribution >= 0.6 is 23.4 Å². The molecule has 1 saturated heterocycles. The van der Waals surface area contributed by atoms with Crippen LogP contribution < -0.4 is 10.2 Å². The van der Waals surface area contributed by atoms with E-state index in [0.717, 1.165) is 37.3 Å². The Kier molecular flexibility index (Phi) is 6.48. The Morgan fingerprint density at radius 2 is 1.77 bits per heavy atom. The van der Waals surface area contributed by atoms with Crippen LogP contribution in [0.15, 0.2) is 53.7 Å². The lowest BCUT2D eigenvalue weighted by atomic mass is 10.1. The third kappa shape index (κ3) is 4.73. The van der Waals surface area contributed by atoms with Gasteiger partial charge in [-0.3, -0.25) is 0 Å². The van der Waals surface area contributed by atoms with Crippen molar-refractivity contribution in [3.8, 4) is 17.3 Å². The van der Waals surface area contributed by atoms with E-state index in [2.05, 4.69) is 16.3 Å². The first kappa shape index (κ1) is 20.6. The van der Waals surface area contributed by atoms with E-state index in [1.807, 2.05) is 12.1 Å². The second kappa shape index (κ2) is 9.43. The Hall–Kier alpha value is -2.66. The van der Waals surface area contributed by atoms with Gasteiger partial charge in [0.25, 0.3) is 0 Å². The van der Waals surface area contributed by atoms with Gasteiger partial charge in [0.2, 0.25) is 0 Å². The summed E-state index contributed by atoms with van der Waals surface area (Å²) in [5, 5.41) is 14.5. The third-order valence-electron chi connectivity index (χ3n) is 4.80. The van der Waals surface area contributed by atoms with Crippen molar-refractivity contribution in [1.82, 2.24) is 15.3 Å². The topological polar surface area (TPSA) is 64.8 Å². The lowest BCUT2D eigenvalue weighted by Gasteiger charge is -2.29. The molecule has 0 aliphatic carbocycles. The zero-order chi connectivity index (χ0) is 20.9. The number of nitrogens with one attached hydrogen (secondary N) is 1. The monoisotopic (exact) mass is 439 g/mol. The molecule has 0 atom stereocenters. The molecule has 0 saturated carbocycles. The predicted molar refractivity (Wildman–Crippen MR) is 118 cm³/mol. The highest BCUT2D eigenvalue weighted by Gasteiger charge is 2.22. The predicted octanol–water partition coefficient (Wildman–Crippen LogP) is 4.51. The van der Waals surface area contributed by atoms with Gasteiger partial charge >= 0.3 is 0 Å². The van der Waals surface area contributed by atoms with Crippen LogP contribution in [0.1, 0.15) is 11.1 Å². The number of halogens is 2. The first-order valence-electron chi connectivity index (χ1n) is 9.55. The molecule has 152 valence electrons. The summed E-state index contributed by atoms with van der Waals surface area (Å²) in [6, 6.07) is 16.0. The number of thioether (sulfide) groups is 1. The number of aromatic nitrogens is 2. The molecule has 2 aromatic carbocycles. The summed E-state index contributed by atoms with van der Waals surface area (Å²) in [6.07, 6.45) is 0. The number of piperazine rings is 1. The highest BCUT2D eigenvalue weighted by atomic mass is 35.5. The summed E-state index contributed by atoms with van der Waals surface area (Å²) in [6.45, 7) is 3.22. The van der Waals surface area contributed by atoms with Crippen LogP contribution in [0.5, 0.6) is 0 Å². The van der Waals surface area contributed by atoms with Crippen LogP contribution in [0.3, 0.4) is 0 Å². The number of anilines is 1. The van der Waals surface area contributed by atoms with Crippen molar-refractivity contribution in [3.05, 3.63) is 70.5 Å². The van der Waals surface area contributed by atoms with E-state index in [4.69, 9.17) is 21.6 Å². The Morgan fingerprint density at radius 1 is 1.07 bits per heavy atom. The van der Waals surface area contributed by atoms with Gasteiger partial charge in [0.05, 0.1) is 5.69 Å². The van der Waals surface area contributed by atoms with Crippen LogP contribution in [-0.2, 0) is 5.75 Å². The number of nitriles is 1. The largest absolute Gasteiger partial charge is 0.353 e. The molecule has 0 unspecified atom stereocenters. The summed E-state index contributed by atoms with van der Waals surface area (Å²) < 4.78 is 13.2. The number of nitrogens with zero attached hydrogens (tertiary/aromatic N) is 4. The highest BCUT2D eigenvalue weighted by Crippen LogP contribution is 2.32. The number of rotatable bonds is 5. The number of benzene rings is 2. The summed E-state index contributed by atoms with van der Waals surface area (Å²) in [5.41, 5.74) is 2.86. The minimum Gasteiger partial charge on any atom is -0.353 e. The summed E-state index contributed by atoms with van der Waals surface area (Å²) in [7, 11) is 0. The van der Waals surface area contributed by atoms with Gasteiger partial charge in [0.1, 0.15) is 17.4 Å². The maximum atomic E-state index is 13.2. The molecule has 1 aromatic heterocycles. The molecule has 4 rings (SSSR count). The fourth-order valence-corrected chi connectivity index (χ4v) is 4.17. The Labute approximate surface area is 183 Å². The molecule has 8 heteroatoms. The summed E-state index contributed by atoms with van der Waals surface area (Å²) in [4.78, 5) is 11.6. The van der Waals surface area contributed by atoms with Crippen LogP contribution in [0, 0.1) is 17.1 Å². The second-order valence-corrected chi connectivity index (χ2v) is 8.20. The standard InChI is InChI=1S/C22H19ClFN5S/c23-17-5-3-16(4-6-17)20-19(13-25)21(29-11-9-26-10-12-29)28-22(27-20)30-14-15-1-7-18(24)8-2-15/h1-8,26H,9-12,14H2. The van der Waals surface area contributed by atoms with Gasteiger partial charge in [-0.1, -0.05) is 47.6 Å². The van der Waals surface area contributed by atoms with Crippen LogP contribution in [0.2, 0.25) is 5.02 Å². The SMILES string of the molecule is N#Cc1c(-c2ccc(Cl)cc2)nc(SCc2ccc(F)cc2)nc1N1CCNCC1. The molecule has 0 amide bonds. The lowest BCUT2D eigenvalue weighted by Crippen LogP contribution is -2.44. The van der Waals surface area contributed by atoms with Gasteiger partial charge in [0.15, 0.2) is 11.0 Å². The molecule has 2 heterocycles. The molecule has 5 nitrogen and oxygen atoms in total. The van der Waals surface area contributed by atoms with Crippen LogP contribution in [0.25, 0.3) is 11.3 Å². The Balaban J connectivity index is 1.73. The van der Waals surface area contributed by atoms with Crippen molar-refractivity contribution in [2.45, 2.75) is 10.9 Å². The van der Waals surface area contributed by atoms with Gasteiger partial charge in [-0.05, 0) is 29.8 Å². The molecule has 0 radical (unpaired) electrons. The fourth-order valence-electron chi connectivity index (χ4n) is 3.25. The first-order chi connectivity index (χ1) is 14.6.